The van der Waals surface area contributed by atoms with Gasteiger partial charge in [0.2, 0.25) is 5.78 Å². The average molecular weight is 747 g/mol. The van der Waals surface area contributed by atoms with E-state index in [1.54, 1.807) is 48.1 Å². The summed E-state index contributed by atoms with van der Waals surface area (Å²) in [7, 11) is 7.67. The summed E-state index contributed by atoms with van der Waals surface area (Å²) >= 11 is 0. The molecule has 0 unspecified atom stereocenters. The molecule has 0 saturated heterocycles. The number of aliphatic hydroxyl groups is 1. The molecule has 0 spiro atoms. The molecule has 13 heteroatoms. The van der Waals surface area contributed by atoms with Crippen LogP contribution in [0.15, 0.2) is 110 Å². The van der Waals surface area contributed by atoms with Crippen molar-refractivity contribution in [3.8, 4) is 0 Å². The third-order valence-corrected chi connectivity index (χ3v) is 7.56. The Morgan fingerprint density at radius 3 is 1.64 bits per heavy atom. The largest absolute Gasteiger partial charge is 0.507 e. The number of hydrogen-bond donors (Lipinski definition) is 3. The standard InChI is InChI=1S/C13H14N4O2.C10H13NO.C8H11N.C6H7NO.C5H5NO/c1-3-4-10-5-9(7-17(10)2)11(18)6-12(19)13-14-8-15-16-13;1-4-5-10-6-9(8(2)12)7-11(10)3;1-3-5-8-6-4-7-9(8)2;1-7-4-2-3-6(7)5-8;7-4-5-2-1-3-6-5/h3-8,18H,1-2H3,(H,14,15,16);4-7H,1-3H3;3-7H,1-2H3;2-5H,1H3;1-4,6H/b4-3+,11-6?;5-4+;5-3+;;. The highest BCUT2D eigenvalue weighted by Gasteiger charge is 2.10. The summed E-state index contributed by atoms with van der Waals surface area (Å²) in [5, 5.41) is 16.0. The molecule has 55 heavy (non-hydrogen) atoms. The Morgan fingerprint density at radius 2 is 1.25 bits per heavy atom. The fourth-order valence-corrected chi connectivity index (χ4v) is 4.60. The molecule has 6 heterocycles. The van der Waals surface area contributed by atoms with Crippen molar-refractivity contribution in [3.63, 3.8) is 0 Å². The van der Waals surface area contributed by atoms with Crippen molar-refractivity contribution < 1.29 is 24.3 Å². The number of hydrogen-bond acceptors (Lipinski definition) is 7. The van der Waals surface area contributed by atoms with Crippen LogP contribution >= 0.6 is 0 Å². The summed E-state index contributed by atoms with van der Waals surface area (Å²) in [6, 6.07) is 14.9. The van der Waals surface area contributed by atoms with E-state index in [1.807, 2.05) is 125 Å². The van der Waals surface area contributed by atoms with Crippen LogP contribution in [-0.2, 0) is 28.2 Å². The van der Waals surface area contributed by atoms with Gasteiger partial charge in [-0.1, -0.05) is 18.2 Å². The maximum absolute atomic E-state index is 11.7. The van der Waals surface area contributed by atoms with Crippen molar-refractivity contribution >= 4 is 48.1 Å². The molecule has 0 fully saturated rings. The Bertz CT molecular complexity index is 2180. The number of Topliss-reactive ketones (excluding diaryl/α,β-unsaturated/α-hetero) is 1. The van der Waals surface area contributed by atoms with E-state index in [4.69, 9.17) is 0 Å². The number of nitrogens with zero attached hydrogens (tertiary/aromatic N) is 6. The number of aliphatic hydroxyl groups excluding tert-OH is 1. The van der Waals surface area contributed by atoms with Crippen LogP contribution in [0.3, 0.4) is 0 Å². The van der Waals surface area contributed by atoms with E-state index in [1.165, 1.54) is 12.0 Å². The SMILES string of the molecule is C/C=C/c1cc(C(C)=O)cn1C.C/C=C/c1cc(C(O)=CC(=O)c2ncn[nH]2)cn1C.C/C=C/c1cccn1C.Cn1cccc1C=O.O=Cc1ccc[nH]1. The number of aromatic amines is 2. The van der Waals surface area contributed by atoms with Gasteiger partial charge in [-0.3, -0.25) is 24.3 Å². The number of nitrogens with one attached hydrogen (secondary N) is 2. The molecule has 3 N–H and O–H groups in total. The molecule has 0 aliphatic carbocycles. The zero-order valence-electron chi connectivity index (χ0n) is 32.5. The van der Waals surface area contributed by atoms with E-state index in [-0.39, 0.29) is 17.4 Å². The first-order chi connectivity index (χ1) is 26.4. The first-order valence-corrected chi connectivity index (χ1v) is 17.2. The molecule has 288 valence electrons. The zero-order valence-corrected chi connectivity index (χ0v) is 32.5. The lowest BCUT2D eigenvalue weighted by Gasteiger charge is -1.94. The van der Waals surface area contributed by atoms with Gasteiger partial charge in [-0.05, 0) is 94.5 Å². The lowest BCUT2D eigenvalue weighted by molar-refractivity contribution is 0.101. The van der Waals surface area contributed by atoms with Gasteiger partial charge in [-0.2, -0.15) is 5.10 Å². The number of allylic oxidation sites excluding steroid dienone is 4. The quantitative estimate of drug-likeness (QED) is 0.0585. The molecule has 13 nitrogen and oxygen atoms in total. The van der Waals surface area contributed by atoms with Crippen molar-refractivity contribution in [3.05, 3.63) is 156 Å². The number of ketones is 2. The summed E-state index contributed by atoms with van der Waals surface area (Å²) in [5.41, 5.74) is 5.92. The van der Waals surface area contributed by atoms with Crippen LogP contribution in [0.5, 0.6) is 0 Å². The van der Waals surface area contributed by atoms with Crippen molar-refractivity contribution in [2.24, 2.45) is 28.2 Å². The van der Waals surface area contributed by atoms with Crippen LogP contribution in [0.25, 0.3) is 24.0 Å². The summed E-state index contributed by atoms with van der Waals surface area (Å²) in [6.45, 7) is 7.47. The molecule has 6 aromatic heterocycles. The molecular formula is C42H50N8O5. The van der Waals surface area contributed by atoms with Gasteiger partial charge in [0.25, 0.3) is 0 Å². The molecule has 0 radical (unpaired) electrons. The van der Waals surface area contributed by atoms with Crippen molar-refractivity contribution in [2.45, 2.75) is 27.7 Å². The molecule has 0 aliphatic rings. The van der Waals surface area contributed by atoms with Gasteiger partial charge >= 0.3 is 0 Å². The molecule has 0 bridgehead atoms. The topological polar surface area (TPSA) is 166 Å². The number of rotatable bonds is 9. The Labute approximate surface area is 321 Å². The lowest BCUT2D eigenvalue weighted by Crippen LogP contribution is -1.99. The predicted octanol–water partition coefficient (Wildman–Crippen LogP) is 7.94. The van der Waals surface area contributed by atoms with E-state index in [9.17, 15) is 24.3 Å². The predicted molar refractivity (Wildman–Crippen MR) is 219 cm³/mol. The molecule has 0 aliphatic heterocycles. The Morgan fingerprint density at radius 1 is 0.709 bits per heavy atom. The lowest BCUT2D eigenvalue weighted by atomic mass is 10.2. The van der Waals surface area contributed by atoms with Crippen LogP contribution in [0.2, 0.25) is 0 Å². The highest BCUT2D eigenvalue weighted by atomic mass is 16.3. The first-order valence-electron chi connectivity index (χ1n) is 17.2. The van der Waals surface area contributed by atoms with Crippen molar-refractivity contribution in [2.75, 3.05) is 0 Å². The molecule has 0 amide bonds. The Hall–Kier alpha value is -7.02. The molecule has 0 saturated carbocycles. The second-order valence-corrected chi connectivity index (χ2v) is 11.8. The summed E-state index contributed by atoms with van der Waals surface area (Å²) < 4.78 is 7.65. The van der Waals surface area contributed by atoms with E-state index in [0.29, 0.717) is 17.0 Å². The van der Waals surface area contributed by atoms with E-state index in [2.05, 4.69) is 36.9 Å². The second-order valence-electron chi connectivity index (χ2n) is 11.8. The fraction of sp³-hybridized carbons (Fsp3) is 0.190. The number of carbonyl (C=O) groups is 4. The number of aldehydes is 2. The van der Waals surface area contributed by atoms with Gasteiger partial charge in [-0.25, -0.2) is 4.98 Å². The maximum atomic E-state index is 11.7. The number of carbonyl (C=O) groups excluding carboxylic acids is 4. The summed E-state index contributed by atoms with van der Waals surface area (Å²) in [6.07, 6.45) is 25.0. The third kappa shape index (κ3) is 14.9. The minimum atomic E-state index is -0.425. The van der Waals surface area contributed by atoms with E-state index < -0.39 is 5.78 Å². The summed E-state index contributed by atoms with van der Waals surface area (Å²) in [5.74, 6) is -0.322. The summed E-state index contributed by atoms with van der Waals surface area (Å²) in [4.78, 5) is 49.0. The zero-order chi connectivity index (χ0) is 40.8. The molecule has 6 aromatic rings. The average Bonchev–Trinajstić information content (AvgIpc) is 4.03. The van der Waals surface area contributed by atoms with Crippen LogP contribution in [0.4, 0.5) is 0 Å². The minimum absolute atomic E-state index is 0.0937. The highest BCUT2D eigenvalue weighted by Crippen LogP contribution is 2.17. The van der Waals surface area contributed by atoms with Crippen LogP contribution in [0, 0.1) is 0 Å². The van der Waals surface area contributed by atoms with Crippen LogP contribution in [0.1, 0.15) is 92.3 Å². The van der Waals surface area contributed by atoms with Gasteiger partial charge in [0.1, 0.15) is 12.1 Å². The smallest absolute Gasteiger partial charge is 0.226 e. The number of aromatic nitrogens is 8. The fourth-order valence-electron chi connectivity index (χ4n) is 4.60. The first kappa shape index (κ1) is 44.1. The monoisotopic (exact) mass is 746 g/mol. The molecule has 0 aromatic carbocycles. The minimum Gasteiger partial charge on any atom is -0.507 e. The van der Waals surface area contributed by atoms with E-state index in [0.717, 1.165) is 35.6 Å². The van der Waals surface area contributed by atoms with Crippen LogP contribution in [-0.4, -0.2) is 67.7 Å². The number of H-pyrrole nitrogens is 2. The molecule has 0 atom stereocenters. The Kier molecular flexibility index (Phi) is 18.9. The van der Waals surface area contributed by atoms with Gasteiger partial charge in [-0.15, -0.1) is 0 Å². The van der Waals surface area contributed by atoms with Crippen LogP contribution < -0.4 is 0 Å². The van der Waals surface area contributed by atoms with Crippen molar-refractivity contribution in [1.29, 1.82) is 0 Å². The Balaban J connectivity index is 0.000000251. The second kappa shape index (κ2) is 23.5. The van der Waals surface area contributed by atoms with E-state index >= 15 is 0 Å². The van der Waals surface area contributed by atoms with Gasteiger partial charge in [0, 0.05) is 93.5 Å². The molecular weight excluding hydrogens is 697 g/mol. The number of aryl methyl sites for hydroxylation is 4. The highest BCUT2D eigenvalue weighted by molar-refractivity contribution is 6.05. The molecule has 6 rings (SSSR count). The van der Waals surface area contributed by atoms with Crippen molar-refractivity contribution in [1.82, 2.24) is 38.4 Å². The third-order valence-electron chi connectivity index (χ3n) is 7.56. The van der Waals surface area contributed by atoms with Gasteiger partial charge < -0.3 is 28.4 Å². The maximum Gasteiger partial charge on any atom is 0.226 e. The van der Waals surface area contributed by atoms with Gasteiger partial charge in [0.05, 0.1) is 11.4 Å². The normalized spacial score (nSPS) is 10.8. The van der Waals surface area contributed by atoms with Gasteiger partial charge in [0.15, 0.2) is 24.2 Å².